The summed E-state index contributed by atoms with van der Waals surface area (Å²) < 4.78 is 35.9. The first-order chi connectivity index (χ1) is 17.6. The molecule has 0 saturated heterocycles. The van der Waals surface area contributed by atoms with E-state index < -0.39 is 21.7 Å². The second-order valence-corrected chi connectivity index (χ2v) is 12.0. The molecule has 4 rings (SSSR count). The number of aryl methyl sites for hydroxylation is 1. The Morgan fingerprint density at radius 1 is 1.14 bits per heavy atom. The summed E-state index contributed by atoms with van der Waals surface area (Å²) in [5.41, 5.74) is 4.12. The van der Waals surface area contributed by atoms with Gasteiger partial charge < -0.3 is 9.64 Å². The van der Waals surface area contributed by atoms with E-state index >= 15 is 0 Å². The number of rotatable bonds is 10. The zero-order valence-corrected chi connectivity index (χ0v) is 23.0. The van der Waals surface area contributed by atoms with Crippen molar-refractivity contribution in [2.45, 2.75) is 63.5 Å². The number of ether oxygens (including phenoxy) is 1. The van der Waals surface area contributed by atoms with Crippen LogP contribution in [-0.4, -0.2) is 37.0 Å². The molecule has 1 N–H and O–H groups in total. The Hall–Kier alpha value is -3.16. The van der Waals surface area contributed by atoms with Gasteiger partial charge in [-0.1, -0.05) is 31.7 Å². The number of pyridine rings is 1. The molecule has 0 bridgehead atoms. The van der Waals surface area contributed by atoms with Gasteiger partial charge in [0.25, 0.3) is 0 Å². The Morgan fingerprint density at radius 3 is 2.65 bits per heavy atom. The lowest BCUT2D eigenvalue weighted by molar-refractivity contribution is 0.0702. The molecule has 0 fully saturated rings. The standard InChI is InChI=1S/C30H37N3O3S/c1-6-17-33(18-15-25-11-7-8-16-31-25)23(3)24-13-14-29-27(20-24)28(21-30(4,5)36-29)32-37(34,35)26-12-9-10-22(2)19-26/h7-14,16,19-20,28,32H,3,6,15,17-18,21H2,1-2,4-5H3. The molecule has 2 aromatic carbocycles. The van der Waals surface area contributed by atoms with Crippen LogP contribution < -0.4 is 9.46 Å². The monoisotopic (exact) mass is 519 g/mol. The maximum Gasteiger partial charge on any atom is 0.241 e. The van der Waals surface area contributed by atoms with Gasteiger partial charge in [0.1, 0.15) is 11.4 Å². The first kappa shape index (κ1) is 26.9. The van der Waals surface area contributed by atoms with Gasteiger partial charge in [-0.3, -0.25) is 4.98 Å². The van der Waals surface area contributed by atoms with Crippen LogP contribution in [0.4, 0.5) is 0 Å². The second-order valence-electron chi connectivity index (χ2n) is 10.3. The van der Waals surface area contributed by atoms with Crippen molar-refractivity contribution >= 4 is 15.7 Å². The minimum absolute atomic E-state index is 0.266. The fourth-order valence-corrected chi connectivity index (χ4v) is 6.13. The number of nitrogens with zero attached hydrogens (tertiary/aromatic N) is 2. The van der Waals surface area contributed by atoms with Crippen molar-refractivity contribution in [3.05, 3.63) is 95.8 Å². The zero-order chi connectivity index (χ0) is 26.6. The molecular formula is C30H37N3O3S. The van der Waals surface area contributed by atoms with Crippen LogP contribution in [0, 0.1) is 6.92 Å². The Balaban J connectivity index is 1.61. The lowest BCUT2D eigenvalue weighted by Gasteiger charge is -2.38. The summed E-state index contributed by atoms with van der Waals surface area (Å²) in [4.78, 5) is 6.99. The summed E-state index contributed by atoms with van der Waals surface area (Å²) in [6.07, 6.45) is 4.14. The number of nitrogens with one attached hydrogen (secondary N) is 1. The molecule has 0 amide bonds. The minimum atomic E-state index is -3.72. The van der Waals surface area contributed by atoms with Gasteiger partial charge in [0.05, 0.1) is 10.9 Å². The van der Waals surface area contributed by atoms with Crippen LogP contribution in [0.3, 0.4) is 0 Å². The number of aromatic nitrogens is 1. The molecule has 2 heterocycles. The molecule has 3 aromatic rings. The predicted octanol–water partition coefficient (Wildman–Crippen LogP) is 5.90. The van der Waals surface area contributed by atoms with Gasteiger partial charge in [0, 0.05) is 49.1 Å². The van der Waals surface area contributed by atoms with Crippen molar-refractivity contribution in [1.82, 2.24) is 14.6 Å². The maximum absolute atomic E-state index is 13.3. The van der Waals surface area contributed by atoms with Gasteiger partial charge in [0.2, 0.25) is 10.0 Å². The maximum atomic E-state index is 13.3. The zero-order valence-electron chi connectivity index (χ0n) is 22.2. The molecule has 7 heteroatoms. The molecule has 196 valence electrons. The van der Waals surface area contributed by atoms with Crippen molar-refractivity contribution in [3.8, 4) is 5.75 Å². The third kappa shape index (κ3) is 6.59. The van der Waals surface area contributed by atoms with E-state index in [1.54, 1.807) is 18.2 Å². The van der Waals surface area contributed by atoms with Gasteiger partial charge in [-0.15, -0.1) is 0 Å². The Bertz CT molecular complexity index is 1350. The van der Waals surface area contributed by atoms with E-state index in [0.717, 1.165) is 54.0 Å². The molecule has 0 spiro atoms. The minimum Gasteiger partial charge on any atom is -0.487 e. The first-order valence-electron chi connectivity index (χ1n) is 12.8. The number of sulfonamides is 1. The van der Waals surface area contributed by atoms with Gasteiger partial charge in [-0.05, 0) is 80.8 Å². The molecule has 0 saturated carbocycles. The van der Waals surface area contributed by atoms with E-state index in [-0.39, 0.29) is 4.90 Å². The van der Waals surface area contributed by atoms with E-state index in [9.17, 15) is 8.42 Å². The highest BCUT2D eigenvalue weighted by atomic mass is 32.2. The summed E-state index contributed by atoms with van der Waals surface area (Å²) >= 11 is 0. The summed E-state index contributed by atoms with van der Waals surface area (Å²) in [7, 11) is -3.72. The third-order valence-corrected chi connectivity index (χ3v) is 8.11. The summed E-state index contributed by atoms with van der Waals surface area (Å²) in [5.74, 6) is 0.695. The van der Waals surface area contributed by atoms with Gasteiger partial charge in [-0.25, -0.2) is 13.1 Å². The highest BCUT2D eigenvalue weighted by Crippen LogP contribution is 2.41. The van der Waals surface area contributed by atoms with Crippen LogP contribution >= 0.6 is 0 Å². The lowest BCUT2D eigenvalue weighted by Crippen LogP contribution is -2.41. The highest BCUT2D eigenvalue weighted by Gasteiger charge is 2.36. The van der Waals surface area contributed by atoms with Crippen LogP contribution in [0.1, 0.15) is 62.0 Å². The predicted molar refractivity (Wildman–Crippen MR) is 149 cm³/mol. The molecule has 0 aliphatic carbocycles. The molecule has 0 radical (unpaired) electrons. The highest BCUT2D eigenvalue weighted by molar-refractivity contribution is 7.89. The summed E-state index contributed by atoms with van der Waals surface area (Å²) in [5, 5.41) is 0. The van der Waals surface area contributed by atoms with E-state index in [2.05, 4.69) is 28.1 Å². The number of fused-ring (bicyclic) bond motifs is 1. The van der Waals surface area contributed by atoms with E-state index in [1.165, 1.54) is 0 Å². The van der Waals surface area contributed by atoms with E-state index in [4.69, 9.17) is 4.74 Å². The molecule has 1 aliphatic rings. The van der Waals surface area contributed by atoms with Crippen LogP contribution in [0.25, 0.3) is 5.70 Å². The number of hydrogen-bond donors (Lipinski definition) is 1. The molecule has 37 heavy (non-hydrogen) atoms. The molecular weight excluding hydrogens is 482 g/mol. The SMILES string of the molecule is C=C(c1ccc2c(c1)C(NS(=O)(=O)c1cccc(C)c1)CC(C)(C)O2)N(CCC)CCc1ccccn1. The Kier molecular flexibility index (Phi) is 8.05. The lowest BCUT2D eigenvalue weighted by atomic mass is 9.89. The third-order valence-electron chi connectivity index (χ3n) is 6.64. The van der Waals surface area contributed by atoms with Crippen LogP contribution in [0.2, 0.25) is 0 Å². The largest absolute Gasteiger partial charge is 0.487 e. The molecule has 1 aromatic heterocycles. The smallest absolute Gasteiger partial charge is 0.241 e. The number of hydrogen-bond acceptors (Lipinski definition) is 5. The Labute approximate surface area is 221 Å². The van der Waals surface area contributed by atoms with Crippen molar-refractivity contribution < 1.29 is 13.2 Å². The normalized spacial score (nSPS) is 16.5. The van der Waals surface area contributed by atoms with Gasteiger partial charge in [0.15, 0.2) is 0 Å². The number of benzene rings is 2. The topological polar surface area (TPSA) is 71.5 Å². The fraction of sp³-hybridized carbons (Fsp3) is 0.367. The summed E-state index contributed by atoms with van der Waals surface area (Å²) in [6.45, 7) is 14.1. The Morgan fingerprint density at radius 2 is 1.95 bits per heavy atom. The van der Waals surface area contributed by atoms with Crippen molar-refractivity contribution in [3.63, 3.8) is 0 Å². The van der Waals surface area contributed by atoms with Gasteiger partial charge in [-0.2, -0.15) is 0 Å². The molecule has 1 aliphatic heterocycles. The van der Waals surface area contributed by atoms with Crippen molar-refractivity contribution in [2.75, 3.05) is 13.1 Å². The molecule has 6 nitrogen and oxygen atoms in total. The summed E-state index contributed by atoms with van der Waals surface area (Å²) in [6, 6.07) is 18.5. The van der Waals surface area contributed by atoms with E-state index in [1.807, 2.05) is 69.4 Å². The van der Waals surface area contributed by atoms with Crippen LogP contribution in [-0.2, 0) is 16.4 Å². The van der Waals surface area contributed by atoms with Gasteiger partial charge >= 0.3 is 0 Å². The molecule has 1 atom stereocenters. The van der Waals surface area contributed by atoms with E-state index in [0.29, 0.717) is 12.2 Å². The van der Waals surface area contributed by atoms with Crippen molar-refractivity contribution in [1.29, 1.82) is 0 Å². The van der Waals surface area contributed by atoms with Crippen LogP contribution in [0.5, 0.6) is 5.75 Å². The van der Waals surface area contributed by atoms with Crippen molar-refractivity contribution in [2.24, 2.45) is 0 Å². The van der Waals surface area contributed by atoms with Crippen LogP contribution in [0.15, 0.2) is 78.3 Å². The fourth-order valence-electron chi connectivity index (χ4n) is 4.81. The average Bonchev–Trinajstić information content (AvgIpc) is 2.86. The second kappa shape index (κ2) is 11.1. The quantitative estimate of drug-likeness (QED) is 0.361. The molecule has 1 unspecified atom stereocenters. The average molecular weight is 520 g/mol. The first-order valence-corrected chi connectivity index (χ1v) is 14.3.